The highest BCUT2D eigenvalue weighted by Crippen LogP contribution is 2.34. The highest BCUT2D eigenvalue weighted by molar-refractivity contribution is 6.36. The van der Waals surface area contributed by atoms with Crippen LogP contribution in [0, 0.1) is 0 Å². The molecule has 0 unspecified atom stereocenters. The Bertz CT molecular complexity index is 1030. The number of anilines is 1. The van der Waals surface area contributed by atoms with Gasteiger partial charge < -0.3 is 4.90 Å². The van der Waals surface area contributed by atoms with E-state index in [1.807, 2.05) is 35.2 Å². The summed E-state index contributed by atoms with van der Waals surface area (Å²) < 4.78 is 0. The smallest absolute Gasteiger partial charge is 0.258 e. The van der Waals surface area contributed by atoms with Crippen molar-refractivity contribution >= 4 is 34.1 Å². The maximum absolute atomic E-state index is 13.3. The van der Waals surface area contributed by atoms with Crippen molar-refractivity contribution in [1.82, 2.24) is 4.98 Å². The van der Waals surface area contributed by atoms with Gasteiger partial charge in [0.25, 0.3) is 5.91 Å². The molecule has 1 aliphatic rings. The molecule has 0 bridgehead atoms. The Hall–Kier alpha value is -2.39. The average molecular weight is 393 g/mol. The fourth-order valence-electron chi connectivity index (χ4n) is 3.98. The van der Waals surface area contributed by atoms with E-state index in [4.69, 9.17) is 16.6 Å². The molecule has 0 aliphatic heterocycles. The van der Waals surface area contributed by atoms with Crippen LogP contribution < -0.4 is 4.90 Å². The van der Waals surface area contributed by atoms with E-state index >= 15 is 0 Å². The second-order valence-electron chi connectivity index (χ2n) is 7.41. The minimum atomic E-state index is 0.00594. The van der Waals surface area contributed by atoms with Gasteiger partial charge in [-0.2, -0.15) is 0 Å². The topological polar surface area (TPSA) is 33.2 Å². The molecular formula is C24H25ClN2O. The number of hydrogen-bond donors (Lipinski definition) is 0. The first-order valence-electron chi connectivity index (χ1n) is 10.1. The van der Waals surface area contributed by atoms with Crippen LogP contribution in [0.5, 0.6) is 0 Å². The van der Waals surface area contributed by atoms with Crippen molar-refractivity contribution in [2.24, 2.45) is 0 Å². The summed E-state index contributed by atoms with van der Waals surface area (Å²) in [5.74, 6) is 0.00594. The Labute approximate surface area is 171 Å². The van der Waals surface area contributed by atoms with Crippen LogP contribution in [0.4, 0.5) is 5.69 Å². The number of carbonyl (C=O) groups is 1. The predicted octanol–water partition coefficient (Wildman–Crippen LogP) is 6.00. The Morgan fingerprint density at radius 2 is 1.89 bits per heavy atom. The van der Waals surface area contributed by atoms with Gasteiger partial charge in [-0.3, -0.25) is 9.78 Å². The van der Waals surface area contributed by atoms with Crippen LogP contribution >= 0.6 is 11.6 Å². The second-order valence-corrected chi connectivity index (χ2v) is 7.79. The molecule has 3 nitrogen and oxygen atoms in total. The molecule has 144 valence electrons. The SMILES string of the molecule is CCCN(C(=O)c1ccc2c(Cl)c3c(nc2c1)CCC3)c1ccc(CC)cc1. The molecule has 28 heavy (non-hydrogen) atoms. The Balaban J connectivity index is 1.72. The third-order valence-electron chi connectivity index (χ3n) is 5.54. The average Bonchev–Trinajstić information content (AvgIpc) is 3.20. The highest BCUT2D eigenvalue weighted by Gasteiger charge is 2.21. The molecule has 0 fully saturated rings. The van der Waals surface area contributed by atoms with Crippen molar-refractivity contribution in [3.63, 3.8) is 0 Å². The molecule has 0 atom stereocenters. The number of fused-ring (bicyclic) bond motifs is 2. The van der Waals surface area contributed by atoms with Crippen LogP contribution in [0.3, 0.4) is 0 Å². The predicted molar refractivity (Wildman–Crippen MR) is 117 cm³/mol. The van der Waals surface area contributed by atoms with E-state index in [1.165, 1.54) is 11.1 Å². The molecule has 0 saturated heterocycles. The number of carbonyl (C=O) groups excluding carboxylic acids is 1. The van der Waals surface area contributed by atoms with Crippen LogP contribution in [0.2, 0.25) is 5.02 Å². The summed E-state index contributed by atoms with van der Waals surface area (Å²) in [5, 5.41) is 1.74. The first-order valence-corrected chi connectivity index (χ1v) is 10.5. The van der Waals surface area contributed by atoms with Gasteiger partial charge in [-0.25, -0.2) is 0 Å². The molecule has 1 heterocycles. The lowest BCUT2D eigenvalue weighted by Crippen LogP contribution is -2.31. The molecule has 0 spiro atoms. The Morgan fingerprint density at radius 3 is 2.61 bits per heavy atom. The summed E-state index contributed by atoms with van der Waals surface area (Å²) in [6, 6.07) is 14.0. The normalized spacial score (nSPS) is 13.0. The minimum absolute atomic E-state index is 0.00594. The van der Waals surface area contributed by atoms with Crippen LogP contribution in [0.1, 0.15) is 53.9 Å². The van der Waals surface area contributed by atoms with Gasteiger partial charge in [-0.15, -0.1) is 0 Å². The van der Waals surface area contributed by atoms with Gasteiger partial charge in [-0.1, -0.05) is 43.6 Å². The zero-order chi connectivity index (χ0) is 19.7. The van der Waals surface area contributed by atoms with Crippen molar-refractivity contribution < 1.29 is 4.79 Å². The number of hydrogen-bond acceptors (Lipinski definition) is 2. The number of amides is 1. The molecule has 1 aromatic heterocycles. The van der Waals surface area contributed by atoms with Gasteiger partial charge in [0.1, 0.15) is 0 Å². The first-order chi connectivity index (χ1) is 13.6. The largest absolute Gasteiger partial charge is 0.308 e. The molecule has 2 aromatic carbocycles. The first kappa shape index (κ1) is 18.9. The molecule has 4 rings (SSSR count). The zero-order valence-electron chi connectivity index (χ0n) is 16.5. The standard InChI is InChI=1S/C24H25ClN2O/c1-3-14-27(18-11-8-16(4-2)9-12-18)24(28)17-10-13-20-22(15-17)26-21-7-5-6-19(21)23(20)25/h8-13,15H,3-7,14H2,1-2H3. The molecule has 1 aliphatic carbocycles. The monoisotopic (exact) mass is 392 g/mol. The molecule has 1 amide bonds. The van der Waals surface area contributed by atoms with Crippen molar-refractivity contribution in [1.29, 1.82) is 0 Å². The van der Waals surface area contributed by atoms with Gasteiger partial charge >= 0.3 is 0 Å². The molecule has 0 N–H and O–H groups in total. The van der Waals surface area contributed by atoms with Gasteiger partial charge in [0, 0.05) is 28.9 Å². The Morgan fingerprint density at radius 1 is 1.11 bits per heavy atom. The Kier molecular flexibility index (Phi) is 5.36. The fourth-order valence-corrected chi connectivity index (χ4v) is 4.34. The van der Waals surface area contributed by atoms with E-state index in [-0.39, 0.29) is 5.91 Å². The van der Waals surface area contributed by atoms with Gasteiger partial charge in [0.2, 0.25) is 0 Å². The molecule has 0 radical (unpaired) electrons. The highest BCUT2D eigenvalue weighted by atomic mass is 35.5. The summed E-state index contributed by atoms with van der Waals surface area (Å²) in [5.41, 5.74) is 5.94. The van der Waals surface area contributed by atoms with E-state index in [0.29, 0.717) is 12.1 Å². The summed E-state index contributed by atoms with van der Waals surface area (Å²) in [6.45, 7) is 4.90. The lowest BCUT2D eigenvalue weighted by molar-refractivity contribution is 0.0987. The van der Waals surface area contributed by atoms with Crippen LogP contribution in [-0.2, 0) is 19.3 Å². The molecule has 3 aromatic rings. The van der Waals surface area contributed by atoms with Gasteiger partial charge in [0.05, 0.1) is 10.5 Å². The second kappa shape index (κ2) is 7.92. The van der Waals surface area contributed by atoms with E-state index in [9.17, 15) is 4.79 Å². The van der Waals surface area contributed by atoms with Gasteiger partial charge in [0.15, 0.2) is 0 Å². The van der Waals surface area contributed by atoms with E-state index in [1.54, 1.807) is 0 Å². The third kappa shape index (κ3) is 3.40. The number of nitrogens with zero attached hydrogens (tertiary/aromatic N) is 2. The number of aromatic nitrogens is 1. The molecular weight excluding hydrogens is 368 g/mol. The van der Waals surface area contributed by atoms with E-state index in [0.717, 1.165) is 59.4 Å². The van der Waals surface area contributed by atoms with Crippen molar-refractivity contribution in [3.05, 3.63) is 69.9 Å². The number of pyridine rings is 1. The summed E-state index contributed by atoms with van der Waals surface area (Å²) in [7, 11) is 0. The van der Waals surface area contributed by atoms with E-state index in [2.05, 4.69) is 26.0 Å². The van der Waals surface area contributed by atoms with E-state index < -0.39 is 0 Å². The fraction of sp³-hybridized carbons (Fsp3) is 0.333. The van der Waals surface area contributed by atoms with Gasteiger partial charge in [-0.05, 0) is 67.5 Å². The minimum Gasteiger partial charge on any atom is -0.308 e. The molecule has 4 heteroatoms. The number of benzene rings is 2. The number of rotatable bonds is 5. The third-order valence-corrected chi connectivity index (χ3v) is 5.97. The summed E-state index contributed by atoms with van der Waals surface area (Å²) in [6.07, 6.45) is 4.95. The lowest BCUT2D eigenvalue weighted by Gasteiger charge is -2.23. The maximum Gasteiger partial charge on any atom is 0.258 e. The van der Waals surface area contributed by atoms with Crippen LogP contribution in [-0.4, -0.2) is 17.4 Å². The summed E-state index contributed by atoms with van der Waals surface area (Å²) >= 11 is 6.62. The summed E-state index contributed by atoms with van der Waals surface area (Å²) in [4.78, 5) is 20.0. The number of aryl methyl sites for hydroxylation is 2. The number of halogens is 1. The quantitative estimate of drug-likeness (QED) is 0.533. The van der Waals surface area contributed by atoms with Crippen LogP contribution in [0.15, 0.2) is 42.5 Å². The molecule has 0 saturated carbocycles. The maximum atomic E-state index is 13.3. The van der Waals surface area contributed by atoms with Crippen molar-refractivity contribution in [2.45, 2.75) is 46.0 Å². The zero-order valence-corrected chi connectivity index (χ0v) is 17.2. The lowest BCUT2D eigenvalue weighted by atomic mass is 10.1. The van der Waals surface area contributed by atoms with Crippen molar-refractivity contribution in [3.8, 4) is 0 Å². The van der Waals surface area contributed by atoms with Crippen molar-refractivity contribution in [2.75, 3.05) is 11.4 Å². The van der Waals surface area contributed by atoms with Crippen LogP contribution in [0.25, 0.3) is 10.9 Å².